The Labute approximate surface area is 129 Å². The van der Waals surface area contributed by atoms with Crippen LogP contribution in [0.1, 0.15) is 27.2 Å². The summed E-state index contributed by atoms with van der Waals surface area (Å²) in [7, 11) is 0. The Morgan fingerprint density at radius 2 is 2.00 bits per heavy atom. The molecule has 122 valence electrons. The van der Waals surface area contributed by atoms with E-state index in [1.165, 1.54) is 0 Å². The molecule has 1 atom stereocenters. The van der Waals surface area contributed by atoms with Crippen LogP contribution in [-0.4, -0.2) is 65.0 Å². The summed E-state index contributed by atoms with van der Waals surface area (Å²) in [4.78, 5) is 30.0. The lowest BCUT2D eigenvalue weighted by Gasteiger charge is -2.37. The molecule has 0 bridgehead atoms. The van der Waals surface area contributed by atoms with E-state index in [0.717, 1.165) is 5.70 Å². The van der Waals surface area contributed by atoms with Crippen molar-refractivity contribution in [3.63, 3.8) is 0 Å². The Kier molecular flexibility index (Phi) is 4.68. The molecule has 1 amide bonds. The van der Waals surface area contributed by atoms with Crippen LogP contribution in [0.4, 0.5) is 4.79 Å². The lowest BCUT2D eigenvalue weighted by Crippen LogP contribution is -2.50. The van der Waals surface area contributed by atoms with Crippen LogP contribution < -0.4 is 0 Å². The van der Waals surface area contributed by atoms with Gasteiger partial charge in [-0.15, -0.1) is 0 Å². The molecular weight excluding hydrogens is 288 g/mol. The van der Waals surface area contributed by atoms with Crippen molar-refractivity contribution in [3.8, 4) is 0 Å². The van der Waals surface area contributed by atoms with Gasteiger partial charge in [0.15, 0.2) is 0 Å². The number of hydrogen-bond acceptors (Lipinski definition) is 6. The highest BCUT2D eigenvalue weighted by Crippen LogP contribution is 2.17. The minimum atomic E-state index is -0.869. The number of carbonyl (C=O) groups is 1. The SMILES string of the molecule is CC(C)(C)OC(=O)N1CCN(C2=CCC([N+](=O)[O-])N=C2)CC1. The Balaban J connectivity index is 1.84. The topological polar surface area (TPSA) is 88.3 Å². The van der Waals surface area contributed by atoms with Gasteiger partial charge in [-0.05, 0) is 20.8 Å². The number of hydrogen-bond donors (Lipinski definition) is 0. The maximum Gasteiger partial charge on any atom is 0.410 e. The van der Waals surface area contributed by atoms with E-state index in [0.29, 0.717) is 32.6 Å². The average molecular weight is 310 g/mol. The van der Waals surface area contributed by atoms with Crippen molar-refractivity contribution in [2.75, 3.05) is 26.2 Å². The summed E-state index contributed by atoms with van der Waals surface area (Å²) in [5, 5.41) is 10.7. The molecule has 0 spiro atoms. The third-order valence-corrected chi connectivity index (χ3v) is 3.46. The number of nitrogens with zero attached hydrogens (tertiary/aromatic N) is 4. The number of rotatable bonds is 2. The summed E-state index contributed by atoms with van der Waals surface area (Å²) in [6.07, 6.45) is 2.54. The Morgan fingerprint density at radius 3 is 2.45 bits per heavy atom. The number of amides is 1. The molecule has 22 heavy (non-hydrogen) atoms. The van der Waals surface area contributed by atoms with Crippen molar-refractivity contribution in [1.29, 1.82) is 0 Å². The predicted octanol–water partition coefficient (Wildman–Crippen LogP) is 1.50. The van der Waals surface area contributed by atoms with E-state index in [4.69, 9.17) is 4.74 Å². The maximum atomic E-state index is 12.0. The summed E-state index contributed by atoms with van der Waals surface area (Å²) in [6, 6.07) is 0. The molecule has 2 heterocycles. The van der Waals surface area contributed by atoms with Gasteiger partial charge in [0.25, 0.3) is 0 Å². The zero-order valence-electron chi connectivity index (χ0n) is 13.2. The van der Waals surface area contributed by atoms with Crippen molar-refractivity contribution in [1.82, 2.24) is 9.80 Å². The van der Waals surface area contributed by atoms with Crippen LogP contribution in [0.25, 0.3) is 0 Å². The first-order valence-corrected chi connectivity index (χ1v) is 7.36. The van der Waals surface area contributed by atoms with Crippen LogP contribution in [0.5, 0.6) is 0 Å². The second-order valence-electron chi connectivity index (χ2n) is 6.36. The molecule has 0 aromatic rings. The van der Waals surface area contributed by atoms with Crippen LogP contribution in [0.3, 0.4) is 0 Å². The van der Waals surface area contributed by atoms with Gasteiger partial charge in [-0.25, -0.2) is 9.79 Å². The predicted molar refractivity (Wildman–Crippen MR) is 81.4 cm³/mol. The smallest absolute Gasteiger partial charge is 0.410 e. The van der Waals surface area contributed by atoms with E-state index in [1.807, 2.05) is 26.8 Å². The lowest BCUT2D eigenvalue weighted by molar-refractivity contribution is -0.519. The Bertz CT molecular complexity index is 501. The van der Waals surface area contributed by atoms with E-state index in [-0.39, 0.29) is 11.0 Å². The number of dihydropyridines is 1. The summed E-state index contributed by atoms with van der Waals surface area (Å²) < 4.78 is 5.35. The average Bonchev–Trinajstić information content (AvgIpc) is 2.46. The Morgan fingerprint density at radius 1 is 1.36 bits per heavy atom. The molecule has 8 nitrogen and oxygen atoms in total. The molecule has 2 aliphatic heterocycles. The fourth-order valence-corrected chi connectivity index (χ4v) is 2.33. The minimum absolute atomic E-state index is 0.299. The van der Waals surface area contributed by atoms with Gasteiger partial charge in [-0.1, -0.05) is 6.08 Å². The zero-order valence-corrected chi connectivity index (χ0v) is 13.2. The molecule has 2 aliphatic rings. The highest BCUT2D eigenvalue weighted by Gasteiger charge is 2.27. The highest BCUT2D eigenvalue weighted by atomic mass is 16.6. The number of aliphatic imine (C=N–C) groups is 1. The van der Waals surface area contributed by atoms with Gasteiger partial charge in [0, 0.05) is 31.1 Å². The van der Waals surface area contributed by atoms with Crippen LogP contribution in [0.15, 0.2) is 16.8 Å². The number of allylic oxidation sites excluding steroid dienone is 1. The largest absolute Gasteiger partial charge is 0.444 e. The highest BCUT2D eigenvalue weighted by molar-refractivity contribution is 5.78. The molecule has 0 aliphatic carbocycles. The molecule has 1 fully saturated rings. The molecule has 0 N–H and O–H groups in total. The zero-order chi connectivity index (χ0) is 16.3. The van der Waals surface area contributed by atoms with Crippen molar-refractivity contribution in [3.05, 3.63) is 21.9 Å². The van der Waals surface area contributed by atoms with Gasteiger partial charge < -0.3 is 14.5 Å². The van der Waals surface area contributed by atoms with Gasteiger partial charge in [0.1, 0.15) is 5.60 Å². The summed E-state index contributed by atoms with van der Waals surface area (Å²) in [6.45, 7) is 8.00. The van der Waals surface area contributed by atoms with Crippen molar-refractivity contribution < 1.29 is 14.5 Å². The van der Waals surface area contributed by atoms with Gasteiger partial charge >= 0.3 is 12.3 Å². The van der Waals surface area contributed by atoms with E-state index < -0.39 is 11.8 Å². The van der Waals surface area contributed by atoms with Crippen molar-refractivity contribution in [2.24, 2.45) is 4.99 Å². The van der Waals surface area contributed by atoms with Gasteiger partial charge in [0.2, 0.25) is 0 Å². The second-order valence-corrected chi connectivity index (χ2v) is 6.36. The first-order valence-electron chi connectivity index (χ1n) is 7.36. The minimum Gasteiger partial charge on any atom is -0.444 e. The molecule has 0 aromatic carbocycles. The summed E-state index contributed by atoms with van der Waals surface area (Å²) in [5.41, 5.74) is 0.395. The van der Waals surface area contributed by atoms with E-state index in [2.05, 4.69) is 9.89 Å². The molecule has 2 rings (SSSR count). The van der Waals surface area contributed by atoms with Crippen molar-refractivity contribution in [2.45, 2.75) is 39.0 Å². The van der Waals surface area contributed by atoms with E-state index in [1.54, 1.807) is 11.1 Å². The van der Waals surface area contributed by atoms with Crippen LogP contribution in [0, 0.1) is 10.1 Å². The Hall–Kier alpha value is -2.12. The van der Waals surface area contributed by atoms with Gasteiger partial charge in [-0.3, -0.25) is 10.1 Å². The molecule has 0 saturated carbocycles. The molecule has 0 radical (unpaired) electrons. The third-order valence-electron chi connectivity index (χ3n) is 3.46. The molecule has 1 unspecified atom stereocenters. The van der Waals surface area contributed by atoms with Crippen LogP contribution >= 0.6 is 0 Å². The third kappa shape index (κ3) is 4.19. The van der Waals surface area contributed by atoms with Gasteiger partial charge in [-0.2, -0.15) is 0 Å². The van der Waals surface area contributed by atoms with Crippen molar-refractivity contribution >= 4 is 12.3 Å². The number of ether oxygens (including phenoxy) is 1. The first-order chi connectivity index (χ1) is 10.3. The monoisotopic (exact) mass is 310 g/mol. The fourth-order valence-electron chi connectivity index (χ4n) is 2.33. The van der Waals surface area contributed by atoms with Crippen LogP contribution in [-0.2, 0) is 4.74 Å². The molecule has 1 saturated heterocycles. The molecule has 0 aromatic heterocycles. The fraction of sp³-hybridized carbons (Fsp3) is 0.714. The standard InChI is InChI=1S/C14H22N4O4/c1-14(2,3)22-13(19)17-8-6-16(7-9-17)11-4-5-12(15-10-11)18(20)21/h4,10,12H,5-9H2,1-3H3. The number of nitro groups is 1. The number of carbonyl (C=O) groups excluding carboxylic acids is 1. The van der Waals surface area contributed by atoms with Gasteiger partial charge in [0.05, 0.1) is 18.3 Å². The maximum absolute atomic E-state index is 12.0. The number of piperazine rings is 1. The summed E-state index contributed by atoms with van der Waals surface area (Å²) >= 11 is 0. The normalized spacial score (nSPS) is 22.3. The first kappa shape index (κ1) is 16.3. The summed E-state index contributed by atoms with van der Waals surface area (Å²) in [5.74, 6) is 0. The molecule has 8 heteroatoms. The lowest BCUT2D eigenvalue weighted by atomic mass is 10.2. The van der Waals surface area contributed by atoms with Crippen LogP contribution in [0.2, 0.25) is 0 Å². The molecular formula is C14H22N4O4. The second kappa shape index (κ2) is 6.33. The quantitative estimate of drug-likeness (QED) is 0.569. The van der Waals surface area contributed by atoms with E-state index >= 15 is 0 Å². The van der Waals surface area contributed by atoms with E-state index in [9.17, 15) is 14.9 Å².